The number of hydrogen-bond acceptors (Lipinski definition) is 8. The Morgan fingerprint density at radius 1 is 1.02 bits per heavy atom. The van der Waals surface area contributed by atoms with Crippen LogP contribution in [0.1, 0.15) is 99.8 Å². The zero-order chi connectivity index (χ0) is 35.3. The molecular weight excluding hydrogens is 649 g/mol. The van der Waals surface area contributed by atoms with Gasteiger partial charge < -0.3 is 29.4 Å². The van der Waals surface area contributed by atoms with E-state index in [1.54, 1.807) is 0 Å². The lowest BCUT2D eigenvalue weighted by Gasteiger charge is -2.59. The standard InChI is InChI=1S/C40H68N3O6P/c1-8-47-34(37(5,6)45)30-12-22-50-33(48-30)23-29-28-9-10-31-36(3,4)32(11-13-40(31)26(2)39(28,40)15-14-38(29,50)7)49-35(44)41-16-17-42-18-20-43(21-19-42)27-24-46-25-27/h26-34,45H,8-25H2,1-7H3,(H,41,44). The van der Waals surface area contributed by atoms with Gasteiger partial charge in [0.05, 0.1) is 36.8 Å². The van der Waals surface area contributed by atoms with E-state index in [2.05, 4.69) is 42.8 Å². The van der Waals surface area contributed by atoms with Gasteiger partial charge in [0, 0.05) is 51.3 Å². The van der Waals surface area contributed by atoms with Crippen molar-refractivity contribution in [2.24, 2.45) is 39.9 Å². The number of nitrogens with one attached hydrogen (secondary N) is 1. The first-order valence-electron chi connectivity index (χ1n) is 20.5. The first-order chi connectivity index (χ1) is 23.8. The first-order valence-corrected chi connectivity index (χ1v) is 22.1. The van der Waals surface area contributed by atoms with Gasteiger partial charge in [0.1, 0.15) is 12.2 Å². The van der Waals surface area contributed by atoms with Gasteiger partial charge in [-0.2, -0.15) is 0 Å². The molecule has 8 rings (SSSR count). The molecule has 4 saturated heterocycles. The van der Waals surface area contributed by atoms with Gasteiger partial charge in [0.2, 0.25) is 0 Å². The summed E-state index contributed by atoms with van der Waals surface area (Å²) in [4.78, 5) is 18.2. The Kier molecular flexibility index (Phi) is 9.51. The Bertz CT molecular complexity index is 1270. The number of ether oxygens (including phenoxy) is 4. The van der Waals surface area contributed by atoms with Crippen molar-refractivity contribution in [3.8, 4) is 0 Å². The Labute approximate surface area is 303 Å². The number of hydrogen-bond donors (Lipinski definition) is 2. The maximum Gasteiger partial charge on any atom is 0.407 e. The van der Waals surface area contributed by atoms with Crippen LogP contribution in [0.3, 0.4) is 0 Å². The number of fused-ring (bicyclic) bond motifs is 4. The molecule has 4 heterocycles. The molecule has 9 nitrogen and oxygen atoms in total. The van der Waals surface area contributed by atoms with E-state index in [0.717, 1.165) is 76.5 Å². The molecule has 0 bridgehead atoms. The molecule has 8 fully saturated rings. The monoisotopic (exact) mass is 717 g/mol. The number of alkyl carbamates (subject to hydrolysis) is 1. The minimum Gasteiger partial charge on any atom is -0.446 e. The van der Waals surface area contributed by atoms with Crippen LogP contribution < -0.4 is 5.32 Å². The van der Waals surface area contributed by atoms with Crippen LogP contribution in [0.15, 0.2) is 0 Å². The summed E-state index contributed by atoms with van der Waals surface area (Å²) in [5.74, 6) is 3.20. The molecule has 0 aromatic heterocycles. The van der Waals surface area contributed by atoms with Crippen molar-refractivity contribution in [2.45, 2.75) is 141 Å². The van der Waals surface area contributed by atoms with Crippen LogP contribution in [0.4, 0.5) is 4.79 Å². The largest absolute Gasteiger partial charge is 0.446 e. The number of carbonyl (C=O) groups excluding carboxylic acids is 1. The molecule has 8 aliphatic rings. The van der Waals surface area contributed by atoms with Gasteiger partial charge in [-0.3, -0.25) is 9.80 Å². The molecule has 12 atom stereocenters. The fraction of sp³-hybridized carbons (Fsp3) is 0.975. The molecular formula is C40H68N3O6P. The molecule has 284 valence electrons. The summed E-state index contributed by atoms with van der Waals surface area (Å²) in [7, 11) is -0.210. The quantitative estimate of drug-likeness (QED) is 0.285. The summed E-state index contributed by atoms with van der Waals surface area (Å²) in [6, 6.07) is 0.612. The summed E-state index contributed by atoms with van der Waals surface area (Å²) < 4.78 is 24.8. The van der Waals surface area contributed by atoms with Crippen LogP contribution in [0.2, 0.25) is 0 Å². The number of aliphatic hydroxyl groups is 1. The lowest BCUT2D eigenvalue weighted by Crippen LogP contribution is -2.57. The average Bonchev–Trinajstić information content (AvgIpc) is 3.42. The molecule has 4 aliphatic heterocycles. The highest BCUT2D eigenvalue weighted by Gasteiger charge is 2.85. The number of piperazine rings is 1. The number of rotatable bonds is 9. The normalized spacial score (nSPS) is 46.3. The van der Waals surface area contributed by atoms with Gasteiger partial charge in [0.25, 0.3) is 0 Å². The molecule has 0 aromatic carbocycles. The summed E-state index contributed by atoms with van der Waals surface area (Å²) in [5, 5.41) is 14.5. The third-order valence-electron chi connectivity index (χ3n) is 16.6. The Hall–Kier alpha value is -0.540. The Morgan fingerprint density at radius 3 is 2.46 bits per heavy atom. The van der Waals surface area contributed by atoms with Gasteiger partial charge in [-0.25, -0.2) is 4.79 Å². The molecule has 12 unspecified atom stereocenters. The van der Waals surface area contributed by atoms with Gasteiger partial charge in [0.15, 0.2) is 0 Å². The van der Waals surface area contributed by atoms with Crippen molar-refractivity contribution in [1.29, 1.82) is 0 Å². The summed E-state index contributed by atoms with van der Waals surface area (Å²) >= 11 is 0. The van der Waals surface area contributed by atoms with Crippen LogP contribution in [0.25, 0.3) is 0 Å². The van der Waals surface area contributed by atoms with E-state index >= 15 is 0 Å². The highest BCUT2D eigenvalue weighted by atomic mass is 31.1. The van der Waals surface area contributed by atoms with Crippen molar-refractivity contribution in [1.82, 2.24) is 15.1 Å². The minimum atomic E-state index is -0.911. The van der Waals surface area contributed by atoms with E-state index in [0.29, 0.717) is 46.9 Å². The molecule has 2 N–H and O–H groups in total. The molecule has 4 saturated carbocycles. The van der Waals surface area contributed by atoms with Crippen LogP contribution in [-0.4, -0.2) is 127 Å². The number of carbonyl (C=O) groups is 1. The van der Waals surface area contributed by atoms with Gasteiger partial charge >= 0.3 is 6.09 Å². The molecule has 50 heavy (non-hydrogen) atoms. The predicted octanol–water partition coefficient (Wildman–Crippen LogP) is 5.91. The summed E-state index contributed by atoms with van der Waals surface area (Å²) in [5.41, 5.74) is -0.122. The highest BCUT2D eigenvalue weighted by Crippen LogP contribution is 2.90. The van der Waals surface area contributed by atoms with Crippen LogP contribution >= 0.6 is 7.92 Å². The zero-order valence-corrected chi connectivity index (χ0v) is 33.1. The second kappa shape index (κ2) is 13.0. The van der Waals surface area contributed by atoms with Crippen LogP contribution in [0.5, 0.6) is 0 Å². The molecule has 2 spiro atoms. The maximum absolute atomic E-state index is 13.2. The Morgan fingerprint density at radius 2 is 1.78 bits per heavy atom. The van der Waals surface area contributed by atoms with Gasteiger partial charge in [-0.1, -0.05) is 35.6 Å². The summed E-state index contributed by atoms with van der Waals surface area (Å²) in [6.45, 7) is 24.1. The van der Waals surface area contributed by atoms with Gasteiger partial charge in [-0.15, -0.1) is 0 Å². The van der Waals surface area contributed by atoms with Crippen molar-refractivity contribution >= 4 is 14.0 Å². The lowest BCUT2D eigenvalue weighted by molar-refractivity contribution is -0.162. The van der Waals surface area contributed by atoms with Crippen molar-refractivity contribution < 1.29 is 28.8 Å². The van der Waals surface area contributed by atoms with E-state index in [4.69, 9.17) is 18.9 Å². The zero-order valence-electron chi connectivity index (χ0n) is 32.3. The van der Waals surface area contributed by atoms with Crippen LogP contribution in [-0.2, 0) is 18.9 Å². The molecule has 0 aromatic rings. The molecule has 4 aliphatic carbocycles. The highest BCUT2D eigenvalue weighted by molar-refractivity contribution is 7.60. The van der Waals surface area contributed by atoms with E-state index in [1.807, 2.05) is 20.8 Å². The second-order valence-corrected chi connectivity index (χ2v) is 22.1. The lowest BCUT2D eigenvalue weighted by atomic mass is 9.48. The third-order valence-corrected chi connectivity index (χ3v) is 20.2. The Balaban J connectivity index is 0.890. The van der Waals surface area contributed by atoms with E-state index in [-0.39, 0.29) is 37.7 Å². The minimum absolute atomic E-state index is 0.0186. The smallest absolute Gasteiger partial charge is 0.407 e. The fourth-order valence-electron chi connectivity index (χ4n) is 14.1. The summed E-state index contributed by atoms with van der Waals surface area (Å²) in [6.07, 6.45) is 10.4. The first kappa shape index (κ1) is 36.4. The van der Waals surface area contributed by atoms with Crippen molar-refractivity contribution in [3.05, 3.63) is 0 Å². The fourth-order valence-corrected chi connectivity index (χ4v) is 18.0. The van der Waals surface area contributed by atoms with E-state index in [9.17, 15) is 9.90 Å². The SMILES string of the molecule is CCOC(C1CCP2C(CC3C4CCC5C(C)(C)C(OC(=O)NCCN6CCN(C7COC7)CC6)CCC56C(C)C46CCC32C)O1)C(C)(C)O. The number of amides is 1. The van der Waals surface area contributed by atoms with Crippen molar-refractivity contribution in [2.75, 3.05) is 65.3 Å². The second-order valence-electron chi connectivity index (χ2n) is 19.1. The van der Waals surface area contributed by atoms with Crippen molar-refractivity contribution in [3.63, 3.8) is 0 Å². The van der Waals surface area contributed by atoms with Crippen LogP contribution in [0, 0.1) is 39.9 Å². The maximum atomic E-state index is 13.2. The van der Waals surface area contributed by atoms with E-state index < -0.39 is 5.60 Å². The topological polar surface area (TPSA) is 92.7 Å². The molecule has 1 amide bonds. The number of nitrogens with zero attached hydrogens (tertiary/aromatic N) is 2. The average molecular weight is 718 g/mol. The third kappa shape index (κ3) is 5.50. The molecule has 10 heteroatoms. The predicted molar refractivity (Wildman–Crippen MR) is 197 cm³/mol. The van der Waals surface area contributed by atoms with Gasteiger partial charge in [-0.05, 0) is 118 Å². The van der Waals surface area contributed by atoms with E-state index in [1.165, 1.54) is 44.7 Å². The molecule has 0 radical (unpaired) electrons.